The molecule has 11 heteroatoms. The Labute approximate surface area is 203 Å². The van der Waals surface area contributed by atoms with E-state index in [0.717, 1.165) is 5.69 Å². The Morgan fingerprint density at radius 3 is 2.77 bits per heavy atom. The predicted octanol–water partition coefficient (Wildman–Crippen LogP) is 1.33. The summed E-state index contributed by atoms with van der Waals surface area (Å²) in [6, 6.07) is 8.17. The topological polar surface area (TPSA) is 135 Å². The van der Waals surface area contributed by atoms with Gasteiger partial charge in [0.15, 0.2) is 0 Å². The van der Waals surface area contributed by atoms with Crippen LogP contribution in [0, 0.1) is 0 Å². The highest BCUT2D eigenvalue weighted by Gasteiger charge is 2.40. The number of benzene rings is 1. The van der Waals surface area contributed by atoms with Crippen molar-refractivity contribution in [1.29, 1.82) is 0 Å². The normalized spacial score (nSPS) is 24.5. The molecular formula is C24H31N5O6. The average Bonchev–Trinajstić information content (AvgIpc) is 2.86. The summed E-state index contributed by atoms with van der Waals surface area (Å²) in [5.74, 6) is 0.554. The summed E-state index contributed by atoms with van der Waals surface area (Å²) in [7, 11) is 1.58. The Morgan fingerprint density at radius 2 is 2.03 bits per heavy atom. The largest absolute Gasteiger partial charge is 0.497 e. The summed E-state index contributed by atoms with van der Waals surface area (Å²) in [5, 5.41) is 16.1. The molecule has 0 unspecified atom stereocenters. The van der Waals surface area contributed by atoms with Crippen LogP contribution in [0.4, 0.5) is 10.5 Å². The summed E-state index contributed by atoms with van der Waals surface area (Å²) in [4.78, 5) is 35.2. The number of hydrogen-bond acceptors (Lipinski definition) is 8. The van der Waals surface area contributed by atoms with Crippen LogP contribution < -0.4 is 15.4 Å². The Balaban J connectivity index is 1.35. The minimum Gasteiger partial charge on any atom is -0.497 e. The molecule has 2 aromatic rings. The maximum Gasteiger partial charge on any atom is 0.322 e. The first-order chi connectivity index (χ1) is 17.0. The van der Waals surface area contributed by atoms with E-state index in [1.165, 1.54) is 6.33 Å². The fourth-order valence-electron chi connectivity index (χ4n) is 4.33. The van der Waals surface area contributed by atoms with E-state index < -0.39 is 12.2 Å². The van der Waals surface area contributed by atoms with Gasteiger partial charge in [-0.2, -0.15) is 0 Å². The van der Waals surface area contributed by atoms with Gasteiger partial charge in [0.2, 0.25) is 5.91 Å². The standard InChI is InChI=1S/C24H31N5O6/c1-33-19-4-2-16(3-5-19)28-24(32)29-12-18(30)13-34-14-22-21(29)7-6-20(35-22)10-23(31)26-11-17-8-9-25-15-27-17/h2-5,8-9,15,18,20-22,30H,6-7,10-14H2,1H3,(H,26,31)(H,28,32)/t18-,20-,21+,22-/m1/s1. The lowest BCUT2D eigenvalue weighted by Gasteiger charge is -2.44. The van der Waals surface area contributed by atoms with Crippen molar-refractivity contribution in [3.05, 3.63) is 48.5 Å². The molecule has 3 heterocycles. The molecule has 35 heavy (non-hydrogen) atoms. The molecule has 3 amide bonds. The van der Waals surface area contributed by atoms with Gasteiger partial charge in [-0.05, 0) is 43.2 Å². The van der Waals surface area contributed by atoms with Crippen molar-refractivity contribution in [1.82, 2.24) is 20.2 Å². The number of nitrogens with zero attached hydrogens (tertiary/aromatic N) is 3. The number of aliphatic hydroxyl groups excluding tert-OH is 1. The fraction of sp³-hybridized carbons (Fsp3) is 0.500. The van der Waals surface area contributed by atoms with Gasteiger partial charge in [0, 0.05) is 11.9 Å². The van der Waals surface area contributed by atoms with Crippen molar-refractivity contribution in [2.45, 2.75) is 50.2 Å². The predicted molar refractivity (Wildman–Crippen MR) is 126 cm³/mol. The maximum atomic E-state index is 13.2. The van der Waals surface area contributed by atoms with Gasteiger partial charge in [-0.15, -0.1) is 0 Å². The number of ether oxygens (including phenoxy) is 3. The Kier molecular flexibility index (Phi) is 8.45. The fourth-order valence-corrected chi connectivity index (χ4v) is 4.33. The molecule has 2 fully saturated rings. The van der Waals surface area contributed by atoms with Crippen molar-refractivity contribution in [3.63, 3.8) is 0 Å². The number of fused-ring (bicyclic) bond motifs is 1. The molecule has 0 saturated carbocycles. The van der Waals surface area contributed by atoms with E-state index in [9.17, 15) is 14.7 Å². The lowest BCUT2D eigenvalue weighted by atomic mass is 9.95. The Bertz CT molecular complexity index is 976. The van der Waals surface area contributed by atoms with Crippen LogP contribution in [0.3, 0.4) is 0 Å². The molecule has 188 valence electrons. The zero-order valence-corrected chi connectivity index (χ0v) is 19.6. The summed E-state index contributed by atoms with van der Waals surface area (Å²) in [6.07, 6.45) is 3.00. The number of amides is 3. The second-order valence-electron chi connectivity index (χ2n) is 8.63. The number of carbonyl (C=O) groups excluding carboxylic acids is 2. The lowest BCUT2D eigenvalue weighted by molar-refractivity contribution is -0.149. The van der Waals surface area contributed by atoms with Gasteiger partial charge in [-0.1, -0.05) is 0 Å². The first-order valence-corrected chi connectivity index (χ1v) is 11.7. The molecule has 0 spiro atoms. The summed E-state index contributed by atoms with van der Waals surface area (Å²) >= 11 is 0. The Morgan fingerprint density at radius 1 is 1.20 bits per heavy atom. The van der Waals surface area contributed by atoms with Crippen LogP contribution in [0.25, 0.3) is 0 Å². The number of nitrogens with one attached hydrogen (secondary N) is 2. The van der Waals surface area contributed by atoms with Gasteiger partial charge in [0.05, 0.1) is 63.8 Å². The number of anilines is 1. The van der Waals surface area contributed by atoms with Crippen molar-refractivity contribution in [2.24, 2.45) is 0 Å². The van der Waals surface area contributed by atoms with Crippen molar-refractivity contribution < 1.29 is 28.9 Å². The monoisotopic (exact) mass is 485 g/mol. The number of hydrogen-bond donors (Lipinski definition) is 3. The maximum absolute atomic E-state index is 13.2. The third-order valence-electron chi connectivity index (χ3n) is 6.11. The molecule has 3 N–H and O–H groups in total. The minimum absolute atomic E-state index is 0.100. The molecule has 0 bridgehead atoms. The number of β-amino-alcohol motifs (C(OH)–C–C–N with tert-alkyl or cyclic N) is 1. The second-order valence-corrected chi connectivity index (χ2v) is 8.63. The molecule has 1 aromatic heterocycles. The third-order valence-corrected chi connectivity index (χ3v) is 6.11. The number of urea groups is 1. The number of methoxy groups -OCH3 is 1. The molecule has 2 aliphatic heterocycles. The first-order valence-electron chi connectivity index (χ1n) is 11.7. The van der Waals surface area contributed by atoms with Crippen LogP contribution >= 0.6 is 0 Å². The van der Waals surface area contributed by atoms with Gasteiger partial charge in [0.1, 0.15) is 18.2 Å². The first kappa shape index (κ1) is 24.8. The minimum atomic E-state index is -0.803. The van der Waals surface area contributed by atoms with E-state index in [1.807, 2.05) is 0 Å². The van der Waals surface area contributed by atoms with Gasteiger partial charge in [-0.25, -0.2) is 14.8 Å². The van der Waals surface area contributed by atoms with Crippen LogP contribution in [-0.2, 0) is 20.8 Å². The zero-order chi connectivity index (χ0) is 24.6. The molecule has 4 atom stereocenters. The van der Waals surface area contributed by atoms with Crippen LogP contribution in [0.1, 0.15) is 25.0 Å². The highest BCUT2D eigenvalue weighted by molar-refractivity contribution is 5.89. The van der Waals surface area contributed by atoms with Gasteiger partial charge < -0.3 is 34.9 Å². The van der Waals surface area contributed by atoms with Crippen LogP contribution in [0.2, 0.25) is 0 Å². The molecule has 4 rings (SSSR count). The van der Waals surface area contributed by atoms with E-state index in [-0.39, 0.29) is 50.3 Å². The molecular weight excluding hydrogens is 454 g/mol. The van der Waals surface area contributed by atoms with Crippen LogP contribution in [0.5, 0.6) is 5.75 Å². The summed E-state index contributed by atoms with van der Waals surface area (Å²) in [6.45, 7) is 0.771. The van der Waals surface area contributed by atoms with E-state index in [1.54, 1.807) is 48.5 Å². The van der Waals surface area contributed by atoms with Crippen molar-refractivity contribution >= 4 is 17.6 Å². The number of rotatable bonds is 6. The second kappa shape index (κ2) is 11.9. The van der Waals surface area contributed by atoms with Crippen molar-refractivity contribution in [3.8, 4) is 5.75 Å². The highest BCUT2D eigenvalue weighted by Crippen LogP contribution is 2.28. The van der Waals surface area contributed by atoms with Crippen molar-refractivity contribution in [2.75, 3.05) is 32.2 Å². The number of carbonyl (C=O) groups is 2. The molecule has 1 aromatic carbocycles. The number of aliphatic hydroxyl groups is 1. The lowest BCUT2D eigenvalue weighted by Crippen LogP contribution is -2.58. The quantitative estimate of drug-likeness (QED) is 0.558. The Hall–Kier alpha value is -3.28. The van der Waals surface area contributed by atoms with Crippen LogP contribution in [-0.4, -0.2) is 83.1 Å². The van der Waals surface area contributed by atoms with E-state index >= 15 is 0 Å². The van der Waals surface area contributed by atoms with Crippen LogP contribution in [0.15, 0.2) is 42.9 Å². The van der Waals surface area contributed by atoms with Gasteiger partial charge >= 0.3 is 6.03 Å². The molecule has 11 nitrogen and oxygen atoms in total. The summed E-state index contributed by atoms with van der Waals surface area (Å²) in [5.41, 5.74) is 1.35. The van der Waals surface area contributed by atoms with Gasteiger partial charge in [0.25, 0.3) is 0 Å². The van der Waals surface area contributed by atoms with E-state index in [2.05, 4.69) is 20.6 Å². The number of aromatic nitrogens is 2. The SMILES string of the molecule is COc1ccc(NC(=O)N2C[C@@H](O)COC[C@H]3O[C@@H](CC(=O)NCc4ccncn4)CC[C@@H]32)cc1. The molecule has 0 radical (unpaired) electrons. The van der Waals surface area contributed by atoms with E-state index in [4.69, 9.17) is 14.2 Å². The molecule has 0 aliphatic carbocycles. The average molecular weight is 486 g/mol. The molecule has 2 saturated heterocycles. The molecule has 2 aliphatic rings. The van der Waals surface area contributed by atoms with E-state index in [0.29, 0.717) is 30.8 Å². The smallest absolute Gasteiger partial charge is 0.322 e. The zero-order valence-electron chi connectivity index (χ0n) is 19.6. The summed E-state index contributed by atoms with van der Waals surface area (Å²) < 4.78 is 17.0. The highest BCUT2D eigenvalue weighted by atomic mass is 16.5. The van der Waals surface area contributed by atoms with Gasteiger partial charge in [-0.3, -0.25) is 4.79 Å². The third kappa shape index (κ3) is 6.87.